The molecule has 0 fully saturated rings. The normalized spacial score (nSPS) is 11.1. The molecular weight excluding hydrogens is 370 g/mol. The molecule has 7 nitrogen and oxygen atoms in total. The topological polar surface area (TPSA) is 92.4 Å². The zero-order valence-electron chi connectivity index (χ0n) is 16.1. The van der Waals surface area contributed by atoms with Gasteiger partial charge in [0, 0.05) is 19.8 Å². The summed E-state index contributed by atoms with van der Waals surface area (Å²) in [6, 6.07) is 0. The third-order valence-electron chi connectivity index (χ3n) is 2.77. The van der Waals surface area contributed by atoms with E-state index < -0.39 is 10.5 Å². The maximum Gasteiger partial charge on any atom is 0.366 e. The maximum atomic E-state index is 11.7. The standard InChI is InChI=1S/C8H17F2NO3S.C8H19NO2/c1-2-3-5-13-7-8-14-6-4-11-15(9,10)12;1-2-3-5-10-7-8-11-6-4-9/h2-8H2,1H3;2-9H2,1H3. The molecule has 0 aliphatic rings. The number of ether oxygens (including phenoxy) is 4. The molecule has 0 saturated carbocycles. The molecule has 0 saturated heterocycles. The summed E-state index contributed by atoms with van der Waals surface area (Å²) < 4.78 is 56.3. The van der Waals surface area contributed by atoms with Crippen LogP contribution in [0.2, 0.25) is 0 Å². The van der Waals surface area contributed by atoms with Crippen LogP contribution in [0.5, 0.6) is 0 Å². The molecule has 0 aromatic carbocycles. The molecule has 0 aromatic rings. The zero-order chi connectivity index (χ0) is 19.9. The van der Waals surface area contributed by atoms with Gasteiger partial charge in [0.25, 0.3) is 0 Å². The van der Waals surface area contributed by atoms with Crippen LogP contribution in [-0.2, 0) is 29.4 Å². The van der Waals surface area contributed by atoms with E-state index in [1.54, 1.807) is 0 Å². The van der Waals surface area contributed by atoms with Crippen LogP contribution in [0.1, 0.15) is 39.5 Å². The summed E-state index contributed by atoms with van der Waals surface area (Å²) >= 11 is 0. The average molecular weight is 407 g/mol. The van der Waals surface area contributed by atoms with E-state index in [1.165, 1.54) is 6.42 Å². The van der Waals surface area contributed by atoms with Crippen molar-refractivity contribution in [1.29, 1.82) is 0 Å². The first-order chi connectivity index (χ1) is 12.5. The fourth-order valence-corrected chi connectivity index (χ4v) is 1.72. The molecular formula is C16H36F2N2O5S. The Kier molecular flexibility index (Phi) is 24.2. The van der Waals surface area contributed by atoms with E-state index in [-0.39, 0.29) is 13.2 Å². The van der Waals surface area contributed by atoms with E-state index in [2.05, 4.69) is 18.2 Å². The highest BCUT2D eigenvalue weighted by molar-refractivity contribution is 7.83. The molecule has 0 atom stereocenters. The lowest BCUT2D eigenvalue weighted by atomic mass is 10.4. The highest BCUT2D eigenvalue weighted by Crippen LogP contribution is 1.97. The molecule has 0 bridgehead atoms. The van der Waals surface area contributed by atoms with Crippen molar-refractivity contribution < 1.29 is 30.9 Å². The van der Waals surface area contributed by atoms with Gasteiger partial charge in [-0.05, 0) is 12.8 Å². The van der Waals surface area contributed by atoms with Crippen LogP contribution in [0.25, 0.3) is 0 Å². The van der Waals surface area contributed by atoms with E-state index in [4.69, 9.17) is 24.7 Å². The van der Waals surface area contributed by atoms with Gasteiger partial charge in [-0.25, -0.2) is 0 Å². The lowest BCUT2D eigenvalue weighted by molar-refractivity contribution is 0.0497. The van der Waals surface area contributed by atoms with Gasteiger partial charge in [-0.1, -0.05) is 34.5 Å². The summed E-state index contributed by atoms with van der Waals surface area (Å²) in [5.41, 5.74) is 5.23. The highest BCUT2D eigenvalue weighted by atomic mass is 32.3. The van der Waals surface area contributed by atoms with Crippen LogP contribution in [0, 0.1) is 0 Å². The summed E-state index contributed by atoms with van der Waals surface area (Å²) in [6.07, 6.45) is 4.39. The van der Waals surface area contributed by atoms with Crippen LogP contribution >= 0.6 is 0 Å². The Morgan fingerprint density at radius 1 is 0.769 bits per heavy atom. The van der Waals surface area contributed by atoms with E-state index in [9.17, 15) is 12.0 Å². The summed E-state index contributed by atoms with van der Waals surface area (Å²) in [6.45, 7) is 8.92. The highest BCUT2D eigenvalue weighted by Gasteiger charge is 1.98. The first-order valence-corrected chi connectivity index (χ1v) is 10.4. The first kappa shape index (κ1) is 27.8. The lowest BCUT2D eigenvalue weighted by Crippen LogP contribution is -2.12. The minimum atomic E-state index is -4.97. The fourth-order valence-electron chi connectivity index (χ4n) is 1.43. The number of nitrogens with two attached hydrogens (primary N) is 1. The van der Waals surface area contributed by atoms with Crippen molar-refractivity contribution in [2.24, 2.45) is 10.1 Å². The Hall–Kier alpha value is -0.390. The van der Waals surface area contributed by atoms with Gasteiger partial charge in [0.15, 0.2) is 0 Å². The van der Waals surface area contributed by atoms with Crippen LogP contribution in [-0.4, -0.2) is 70.2 Å². The average Bonchev–Trinajstić information content (AvgIpc) is 2.59. The van der Waals surface area contributed by atoms with Crippen LogP contribution in [0.15, 0.2) is 4.36 Å². The molecule has 160 valence electrons. The van der Waals surface area contributed by atoms with Gasteiger partial charge in [0.1, 0.15) is 0 Å². The third kappa shape index (κ3) is 31.4. The van der Waals surface area contributed by atoms with Crippen molar-refractivity contribution in [3.8, 4) is 0 Å². The number of hydrogen-bond donors (Lipinski definition) is 1. The smallest absolute Gasteiger partial charge is 0.366 e. The Balaban J connectivity index is 0. The molecule has 0 spiro atoms. The van der Waals surface area contributed by atoms with Crippen molar-refractivity contribution in [3.63, 3.8) is 0 Å². The van der Waals surface area contributed by atoms with E-state index in [1.807, 2.05) is 0 Å². The Labute approximate surface area is 157 Å². The largest absolute Gasteiger partial charge is 0.379 e. The van der Waals surface area contributed by atoms with Crippen molar-refractivity contribution in [3.05, 3.63) is 0 Å². The van der Waals surface area contributed by atoms with Crippen molar-refractivity contribution in [1.82, 2.24) is 0 Å². The number of rotatable bonds is 17. The fraction of sp³-hybridized carbons (Fsp3) is 1.00. The Bertz CT molecular complexity index is 368. The molecule has 0 heterocycles. The number of halogens is 2. The minimum absolute atomic E-state index is 0.0436. The van der Waals surface area contributed by atoms with Gasteiger partial charge in [-0.15, -0.1) is 0 Å². The molecule has 10 heteroatoms. The van der Waals surface area contributed by atoms with Crippen LogP contribution in [0.4, 0.5) is 7.77 Å². The minimum Gasteiger partial charge on any atom is -0.379 e. The quantitative estimate of drug-likeness (QED) is 0.295. The van der Waals surface area contributed by atoms with E-state index in [0.717, 1.165) is 25.9 Å². The molecule has 26 heavy (non-hydrogen) atoms. The molecule has 0 aliphatic carbocycles. The molecule has 0 aromatic heterocycles. The predicted octanol–water partition coefficient (Wildman–Crippen LogP) is 2.84. The molecule has 0 unspecified atom stereocenters. The van der Waals surface area contributed by atoms with Crippen molar-refractivity contribution in [2.45, 2.75) is 39.5 Å². The van der Waals surface area contributed by atoms with Crippen molar-refractivity contribution in [2.75, 3.05) is 65.9 Å². The molecule has 0 amide bonds. The molecule has 0 aliphatic heterocycles. The predicted molar refractivity (Wildman–Crippen MR) is 99.8 cm³/mol. The third-order valence-corrected chi connectivity index (χ3v) is 3.25. The number of unbranched alkanes of at least 4 members (excludes halogenated alkanes) is 2. The Morgan fingerprint density at radius 3 is 1.58 bits per heavy atom. The van der Waals surface area contributed by atoms with Gasteiger partial charge in [-0.3, -0.25) is 0 Å². The van der Waals surface area contributed by atoms with Gasteiger partial charge in [0.05, 0.1) is 46.2 Å². The van der Waals surface area contributed by atoms with Crippen LogP contribution < -0.4 is 5.73 Å². The molecule has 0 rings (SSSR count). The summed E-state index contributed by atoms with van der Waals surface area (Å²) in [7, 11) is -4.97. The van der Waals surface area contributed by atoms with E-state index in [0.29, 0.717) is 46.2 Å². The number of nitrogens with zero attached hydrogens (tertiary/aromatic N) is 1. The summed E-state index contributed by atoms with van der Waals surface area (Å²) in [5, 5.41) is 0. The molecule has 0 radical (unpaired) electrons. The van der Waals surface area contributed by atoms with Gasteiger partial charge < -0.3 is 24.7 Å². The maximum absolute atomic E-state index is 11.7. The summed E-state index contributed by atoms with van der Waals surface area (Å²) in [5.74, 6) is 0. The second-order valence-electron chi connectivity index (χ2n) is 5.19. The van der Waals surface area contributed by atoms with E-state index >= 15 is 0 Å². The lowest BCUT2D eigenvalue weighted by Gasteiger charge is -2.03. The zero-order valence-corrected chi connectivity index (χ0v) is 16.9. The van der Waals surface area contributed by atoms with Gasteiger partial charge >= 0.3 is 10.5 Å². The molecule has 2 N–H and O–H groups in total. The Morgan fingerprint density at radius 2 is 1.19 bits per heavy atom. The first-order valence-electron chi connectivity index (χ1n) is 9.11. The number of hydrogen-bond acceptors (Lipinski definition) is 7. The van der Waals surface area contributed by atoms with Gasteiger partial charge in [-0.2, -0.15) is 8.57 Å². The summed E-state index contributed by atoms with van der Waals surface area (Å²) in [4.78, 5) is 0. The SMILES string of the molecule is CCCCOCCOCCN.CCCCOCCOCCN=S(=O)(F)F. The second-order valence-corrected chi connectivity index (χ2v) is 6.25. The van der Waals surface area contributed by atoms with Crippen molar-refractivity contribution >= 4 is 10.5 Å². The van der Waals surface area contributed by atoms with Gasteiger partial charge in [0.2, 0.25) is 0 Å². The van der Waals surface area contributed by atoms with Crippen LogP contribution in [0.3, 0.4) is 0 Å². The monoisotopic (exact) mass is 406 g/mol. The second kappa shape index (κ2) is 22.7.